The molecule has 3 aliphatic rings. The average Bonchev–Trinajstić information content (AvgIpc) is 2.53. The van der Waals surface area contributed by atoms with Crippen LogP contribution < -0.4 is 10.6 Å². The van der Waals surface area contributed by atoms with Crippen LogP contribution in [0.15, 0.2) is 0 Å². The van der Waals surface area contributed by atoms with Gasteiger partial charge in [0.15, 0.2) is 0 Å². The van der Waals surface area contributed by atoms with E-state index in [9.17, 15) is 9.59 Å². The number of carbonyl (C=O) groups is 2. The topological polar surface area (TPSA) is 58.2 Å². The molecule has 2 aliphatic carbocycles. The van der Waals surface area contributed by atoms with E-state index in [1.165, 1.54) is 25.7 Å². The van der Waals surface area contributed by atoms with Crippen molar-refractivity contribution in [1.82, 2.24) is 10.6 Å². The average molecular weight is 236 g/mol. The van der Waals surface area contributed by atoms with Crippen molar-refractivity contribution >= 4 is 11.8 Å². The van der Waals surface area contributed by atoms with Crippen LogP contribution in [0.2, 0.25) is 0 Å². The van der Waals surface area contributed by atoms with Crippen LogP contribution in [0.1, 0.15) is 44.9 Å². The zero-order chi connectivity index (χ0) is 11.9. The molecule has 17 heavy (non-hydrogen) atoms. The molecule has 0 radical (unpaired) electrons. The first kappa shape index (κ1) is 11.1. The van der Waals surface area contributed by atoms with E-state index < -0.39 is 0 Å². The first-order valence-corrected chi connectivity index (χ1v) is 6.78. The van der Waals surface area contributed by atoms with E-state index >= 15 is 0 Å². The highest BCUT2D eigenvalue weighted by atomic mass is 16.2. The zero-order valence-electron chi connectivity index (χ0n) is 10.1. The van der Waals surface area contributed by atoms with Crippen molar-refractivity contribution in [3.63, 3.8) is 0 Å². The molecule has 2 N–H and O–H groups in total. The van der Waals surface area contributed by atoms with Crippen LogP contribution in [-0.2, 0) is 9.59 Å². The summed E-state index contributed by atoms with van der Waals surface area (Å²) in [6.07, 6.45) is 7.46. The Kier molecular flexibility index (Phi) is 2.60. The number of hydrogen-bond acceptors (Lipinski definition) is 2. The van der Waals surface area contributed by atoms with Crippen LogP contribution in [-0.4, -0.2) is 24.4 Å². The van der Waals surface area contributed by atoms with Gasteiger partial charge in [-0.25, -0.2) is 0 Å². The lowest BCUT2D eigenvalue weighted by Crippen LogP contribution is -2.54. The summed E-state index contributed by atoms with van der Waals surface area (Å²) in [7, 11) is 0. The standard InChI is InChI=1S/C13H20N2O2/c16-11-7-10(8-14-11)15-12(17)13(5-2-6-13)9-3-1-4-9/h9-10H,1-8H2,(H,14,16)(H,15,17). The van der Waals surface area contributed by atoms with Crippen molar-refractivity contribution in [2.45, 2.75) is 51.0 Å². The summed E-state index contributed by atoms with van der Waals surface area (Å²) in [5.74, 6) is 0.887. The second-order valence-electron chi connectivity index (χ2n) is 5.82. The number of rotatable bonds is 3. The van der Waals surface area contributed by atoms with Gasteiger partial charge in [-0.05, 0) is 31.6 Å². The van der Waals surface area contributed by atoms with Gasteiger partial charge in [-0.15, -0.1) is 0 Å². The predicted octanol–water partition coefficient (Wildman–Crippen LogP) is 0.961. The van der Waals surface area contributed by atoms with Gasteiger partial charge < -0.3 is 10.6 Å². The first-order chi connectivity index (χ1) is 8.21. The van der Waals surface area contributed by atoms with E-state index in [2.05, 4.69) is 10.6 Å². The van der Waals surface area contributed by atoms with Gasteiger partial charge in [0.05, 0.1) is 11.5 Å². The fourth-order valence-corrected chi connectivity index (χ4v) is 3.38. The molecule has 0 aromatic carbocycles. The molecule has 1 aliphatic heterocycles. The molecule has 3 rings (SSSR count). The van der Waals surface area contributed by atoms with Crippen LogP contribution in [0.25, 0.3) is 0 Å². The van der Waals surface area contributed by atoms with E-state index in [-0.39, 0.29) is 23.3 Å². The summed E-state index contributed by atoms with van der Waals surface area (Å²) < 4.78 is 0. The molecule has 1 unspecified atom stereocenters. The Labute approximate surface area is 102 Å². The molecular formula is C13H20N2O2. The van der Waals surface area contributed by atoms with E-state index in [4.69, 9.17) is 0 Å². The third-order valence-electron chi connectivity index (χ3n) is 4.90. The number of hydrogen-bond donors (Lipinski definition) is 2. The molecule has 4 heteroatoms. The van der Waals surface area contributed by atoms with E-state index in [1.807, 2.05) is 0 Å². The largest absolute Gasteiger partial charge is 0.354 e. The Balaban J connectivity index is 1.62. The van der Waals surface area contributed by atoms with E-state index in [0.717, 1.165) is 12.8 Å². The van der Waals surface area contributed by atoms with Crippen molar-refractivity contribution in [3.8, 4) is 0 Å². The van der Waals surface area contributed by atoms with Gasteiger partial charge in [0, 0.05) is 13.0 Å². The quantitative estimate of drug-likeness (QED) is 0.767. The summed E-state index contributed by atoms with van der Waals surface area (Å²) in [6.45, 7) is 0.602. The SMILES string of the molecule is O=C1CC(NC(=O)C2(C3CCC3)CCC2)CN1. The van der Waals surface area contributed by atoms with Gasteiger partial charge in [-0.1, -0.05) is 12.8 Å². The zero-order valence-corrected chi connectivity index (χ0v) is 10.1. The maximum Gasteiger partial charge on any atom is 0.226 e. The van der Waals surface area contributed by atoms with Gasteiger partial charge in [0.2, 0.25) is 11.8 Å². The monoisotopic (exact) mass is 236 g/mol. The molecule has 0 aromatic heterocycles. The van der Waals surface area contributed by atoms with Gasteiger partial charge in [0.25, 0.3) is 0 Å². The molecule has 1 heterocycles. The van der Waals surface area contributed by atoms with Crippen molar-refractivity contribution < 1.29 is 9.59 Å². The van der Waals surface area contributed by atoms with E-state index in [1.54, 1.807) is 0 Å². The fourth-order valence-electron chi connectivity index (χ4n) is 3.38. The minimum absolute atomic E-state index is 0.0209. The Morgan fingerprint density at radius 1 is 1.29 bits per heavy atom. The van der Waals surface area contributed by atoms with Crippen LogP contribution in [0, 0.1) is 11.3 Å². The van der Waals surface area contributed by atoms with Crippen molar-refractivity contribution in [1.29, 1.82) is 0 Å². The Morgan fingerprint density at radius 3 is 2.47 bits per heavy atom. The van der Waals surface area contributed by atoms with Gasteiger partial charge in [-0.2, -0.15) is 0 Å². The number of carbonyl (C=O) groups excluding carboxylic acids is 2. The molecule has 94 valence electrons. The molecule has 0 bridgehead atoms. The normalized spacial score (nSPS) is 31.3. The molecule has 1 atom stereocenters. The van der Waals surface area contributed by atoms with E-state index in [0.29, 0.717) is 18.9 Å². The highest BCUT2D eigenvalue weighted by molar-refractivity contribution is 5.86. The predicted molar refractivity (Wildman–Crippen MR) is 63.2 cm³/mol. The molecule has 0 aromatic rings. The van der Waals surface area contributed by atoms with Gasteiger partial charge in [-0.3, -0.25) is 9.59 Å². The second kappa shape index (κ2) is 4.00. The fraction of sp³-hybridized carbons (Fsp3) is 0.846. The smallest absolute Gasteiger partial charge is 0.226 e. The summed E-state index contributed by atoms with van der Waals surface area (Å²) in [5.41, 5.74) is -0.0656. The highest BCUT2D eigenvalue weighted by Crippen LogP contribution is 2.54. The van der Waals surface area contributed by atoms with Crippen molar-refractivity contribution in [2.75, 3.05) is 6.54 Å². The molecule has 2 saturated carbocycles. The molecular weight excluding hydrogens is 216 g/mol. The third-order valence-corrected chi connectivity index (χ3v) is 4.90. The second-order valence-corrected chi connectivity index (χ2v) is 5.82. The Hall–Kier alpha value is -1.06. The minimum atomic E-state index is -0.0656. The lowest BCUT2D eigenvalue weighted by atomic mass is 9.54. The molecule has 0 spiro atoms. The van der Waals surface area contributed by atoms with Crippen LogP contribution >= 0.6 is 0 Å². The lowest BCUT2D eigenvalue weighted by molar-refractivity contribution is -0.145. The molecule has 4 nitrogen and oxygen atoms in total. The minimum Gasteiger partial charge on any atom is -0.354 e. The van der Waals surface area contributed by atoms with Crippen LogP contribution in [0.5, 0.6) is 0 Å². The Morgan fingerprint density at radius 2 is 2.06 bits per heavy atom. The lowest BCUT2D eigenvalue weighted by Gasteiger charge is -2.50. The summed E-state index contributed by atoms with van der Waals surface area (Å²) in [4.78, 5) is 23.5. The van der Waals surface area contributed by atoms with Crippen molar-refractivity contribution in [2.24, 2.45) is 11.3 Å². The maximum atomic E-state index is 12.4. The summed E-state index contributed by atoms with van der Waals surface area (Å²) in [5, 5.41) is 5.84. The summed E-state index contributed by atoms with van der Waals surface area (Å²) >= 11 is 0. The highest BCUT2D eigenvalue weighted by Gasteiger charge is 2.52. The third kappa shape index (κ3) is 1.74. The van der Waals surface area contributed by atoms with Crippen LogP contribution in [0.3, 0.4) is 0 Å². The first-order valence-electron chi connectivity index (χ1n) is 6.78. The van der Waals surface area contributed by atoms with Crippen LogP contribution in [0.4, 0.5) is 0 Å². The number of amides is 2. The van der Waals surface area contributed by atoms with Crippen molar-refractivity contribution in [3.05, 3.63) is 0 Å². The van der Waals surface area contributed by atoms with Gasteiger partial charge in [0.1, 0.15) is 0 Å². The molecule has 3 fully saturated rings. The molecule has 2 amide bonds. The maximum absolute atomic E-state index is 12.4. The molecule has 1 saturated heterocycles. The summed E-state index contributed by atoms with van der Waals surface area (Å²) in [6, 6.07) is 0.0209. The Bertz CT molecular complexity index is 345. The number of nitrogens with one attached hydrogen (secondary N) is 2. The van der Waals surface area contributed by atoms with Gasteiger partial charge >= 0.3 is 0 Å².